The number of rotatable bonds is 4. The van der Waals surface area contributed by atoms with E-state index in [-0.39, 0.29) is 11.9 Å². The third kappa shape index (κ3) is 2.83. The maximum Gasteiger partial charge on any atom is 0.270 e. The Morgan fingerprint density at radius 1 is 1.43 bits per heavy atom. The molecule has 1 rings (SSSR count). The molecule has 0 spiro atoms. The van der Waals surface area contributed by atoms with Crippen LogP contribution < -0.4 is 5.32 Å². The Balaban J connectivity index is 2.59. The van der Waals surface area contributed by atoms with Gasteiger partial charge in [0.05, 0.1) is 0 Å². The first-order valence-electron chi connectivity index (χ1n) is 4.99. The molecule has 3 heteroatoms. The average Bonchev–Trinajstić information content (AvgIpc) is 2.26. The van der Waals surface area contributed by atoms with E-state index in [0.717, 1.165) is 12.8 Å². The van der Waals surface area contributed by atoms with E-state index in [9.17, 15) is 4.79 Å². The molecule has 14 heavy (non-hydrogen) atoms. The summed E-state index contributed by atoms with van der Waals surface area (Å²) < 4.78 is 0. The molecule has 1 amide bonds. The van der Waals surface area contributed by atoms with Crippen LogP contribution in [0.2, 0.25) is 0 Å². The van der Waals surface area contributed by atoms with Crippen LogP contribution in [0.15, 0.2) is 24.4 Å². The van der Waals surface area contributed by atoms with Crippen LogP contribution in [-0.2, 0) is 0 Å². The summed E-state index contributed by atoms with van der Waals surface area (Å²) in [5, 5.41) is 2.93. The van der Waals surface area contributed by atoms with Gasteiger partial charge in [-0.15, -0.1) is 0 Å². The highest BCUT2D eigenvalue weighted by Gasteiger charge is 2.10. The monoisotopic (exact) mass is 192 g/mol. The van der Waals surface area contributed by atoms with Crippen LogP contribution >= 0.6 is 0 Å². The van der Waals surface area contributed by atoms with E-state index in [1.54, 1.807) is 18.3 Å². The first-order chi connectivity index (χ1) is 6.77. The Morgan fingerprint density at radius 3 is 2.64 bits per heavy atom. The Kier molecular flexibility index (Phi) is 4.11. The van der Waals surface area contributed by atoms with Crippen molar-refractivity contribution < 1.29 is 4.79 Å². The van der Waals surface area contributed by atoms with Crippen molar-refractivity contribution in [1.29, 1.82) is 0 Å². The molecule has 0 saturated heterocycles. The van der Waals surface area contributed by atoms with Gasteiger partial charge in [-0.2, -0.15) is 0 Å². The van der Waals surface area contributed by atoms with Gasteiger partial charge in [0.25, 0.3) is 5.91 Å². The average molecular weight is 192 g/mol. The molecule has 0 atom stereocenters. The largest absolute Gasteiger partial charge is 0.348 e. The van der Waals surface area contributed by atoms with Gasteiger partial charge in [0.2, 0.25) is 0 Å². The highest BCUT2D eigenvalue weighted by atomic mass is 16.1. The molecule has 0 saturated carbocycles. The lowest BCUT2D eigenvalue weighted by atomic mass is 10.1. The minimum atomic E-state index is -0.0840. The Morgan fingerprint density at radius 2 is 2.14 bits per heavy atom. The smallest absolute Gasteiger partial charge is 0.270 e. The summed E-state index contributed by atoms with van der Waals surface area (Å²) in [4.78, 5) is 15.6. The number of pyridine rings is 1. The quantitative estimate of drug-likeness (QED) is 0.792. The zero-order valence-corrected chi connectivity index (χ0v) is 8.66. The number of nitrogens with one attached hydrogen (secondary N) is 1. The number of nitrogens with zero attached hydrogens (tertiary/aromatic N) is 1. The van der Waals surface area contributed by atoms with Crippen molar-refractivity contribution in [3.05, 3.63) is 30.1 Å². The van der Waals surface area contributed by atoms with Crippen molar-refractivity contribution in [3.8, 4) is 0 Å². The van der Waals surface area contributed by atoms with E-state index in [1.807, 2.05) is 6.07 Å². The van der Waals surface area contributed by atoms with Crippen LogP contribution in [0.4, 0.5) is 0 Å². The normalized spacial score (nSPS) is 10.2. The van der Waals surface area contributed by atoms with Crippen LogP contribution in [0.25, 0.3) is 0 Å². The van der Waals surface area contributed by atoms with Crippen LogP contribution in [0, 0.1) is 0 Å². The summed E-state index contributed by atoms with van der Waals surface area (Å²) in [6, 6.07) is 5.59. The lowest BCUT2D eigenvalue weighted by Gasteiger charge is -2.13. The van der Waals surface area contributed by atoms with E-state index in [0.29, 0.717) is 5.69 Å². The first kappa shape index (κ1) is 10.7. The van der Waals surface area contributed by atoms with Crippen molar-refractivity contribution in [2.24, 2.45) is 0 Å². The summed E-state index contributed by atoms with van der Waals surface area (Å²) in [7, 11) is 0. The van der Waals surface area contributed by atoms with Gasteiger partial charge in [-0.25, -0.2) is 0 Å². The highest BCUT2D eigenvalue weighted by molar-refractivity contribution is 5.92. The fraction of sp³-hybridized carbons (Fsp3) is 0.455. The van der Waals surface area contributed by atoms with Crippen molar-refractivity contribution in [2.75, 3.05) is 0 Å². The van der Waals surface area contributed by atoms with E-state index < -0.39 is 0 Å². The summed E-state index contributed by atoms with van der Waals surface area (Å²) in [6.07, 6.45) is 3.53. The van der Waals surface area contributed by atoms with Crippen molar-refractivity contribution in [1.82, 2.24) is 10.3 Å². The maximum atomic E-state index is 11.6. The van der Waals surface area contributed by atoms with Gasteiger partial charge in [0.15, 0.2) is 0 Å². The highest BCUT2D eigenvalue weighted by Crippen LogP contribution is 1.99. The van der Waals surface area contributed by atoms with E-state index in [1.165, 1.54) is 0 Å². The zero-order valence-electron chi connectivity index (χ0n) is 8.66. The predicted octanol–water partition coefficient (Wildman–Crippen LogP) is 2.00. The molecule has 3 nitrogen and oxygen atoms in total. The molecule has 0 aliphatic carbocycles. The second kappa shape index (κ2) is 5.37. The van der Waals surface area contributed by atoms with Crippen molar-refractivity contribution >= 4 is 5.91 Å². The van der Waals surface area contributed by atoms with Gasteiger partial charge in [0, 0.05) is 12.2 Å². The van der Waals surface area contributed by atoms with Gasteiger partial charge < -0.3 is 5.32 Å². The lowest BCUT2D eigenvalue weighted by Crippen LogP contribution is -2.34. The fourth-order valence-corrected chi connectivity index (χ4v) is 1.25. The number of hydrogen-bond donors (Lipinski definition) is 1. The molecule has 1 aromatic rings. The van der Waals surface area contributed by atoms with Gasteiger partial charge in [-0.1, -0.05) is 19.9 Å². The fourth-order valence-electron chi connectivity index (χ4n) is 1.25. The SMILES string of the molecule is CCC(CC)NC(=O)c1ccccn1. The van der Waals surface area contributed by atoms with Gasteiger partial charge in [0.1, 0.15) is 5.69 Å². The minimum Gasteiger partial charge on any atom is -0.348 e. The summed E-state index contributed by atoms with van der Waals surface area (Å²) in [5.74, 6) is -0.0840. The molecule has 0 fully saturated rings. The van der Waals surface area contributed by atoms with Gasteiger partial charge in [-0.3, -0.25) is 9.78 Å². The second-order valence-corrected chi connectivity index (χ2v) is 3.20. The zero-order chi connectivity index (χ0) is 10.4. The van der Waals surface area contributed by atoms with Crippen molar-refractivity contribution in [2.45, 2.75) is 32.7 Å². The molecule has 1 aromatic heterocycles. The number of amides is 1. The second-order valence-electron chi connectivity index (χ2n) is 3.20. The molecule has 1 heterocycles. The van der Waals surface area contributed by atoms with Crippen LogP contribution in [0.1, 0.15) is 37.2 Å². The van der Waals surface area contributed by atoms with Crippen molar-refractivity contribution in [3.63, 3.8) is 0 Å². The number of carbonyl (C=O) groups excluding carboxylic acids is 1. The van der Waals surface area contributed by atoms with Crippen LogP contribution in [0.5, 0.6) is 0 Å². The molecule has 0 aliphatic rings. The van der Waals surface area contributed by atoms with Crippen LogP contribution in [0.3, 0.4) is 0 Å². The lowest BCUT2D eigenvalue weighted by molar-refractivity contribution is 0.0930. The van der Waals surface area contributed by atoms with E-state index in [4.69, 9.17) is 0 Å². The summed E-state index contributed by atoms with van der Waals surface area (Å²) in [6.45, 7) is 4.12. The molecular weight excluding hydrogens is 176 g/mol. The van der Waals surface area contributed by atoms with Gasteiger partial charge in [-0.05, 0) is 25.0 Å². The van der Waals surface area contributed by atoms with E-state index in [2.05, 4.69) is 24.1 Å². The molecule has 0 radical (unpaired) electrons. The molecule has 0 aliphatic heterocycles. The van der Waals surface area contributed by atoms with Gasteiger partial charge >= 0.3 is 0 Å². The molecule has 0 aromatic carbocycles. The Hall–Kier alpha value is -1.38. The number of hydrogen-bond acceptors (Lipinski definition) is 2. The maximum absolute atomic E-state index is 11.6. The molecule has 76 valence electrons. The third-order valence-electron chi connectivity index (χ3n) is 2.22. The topological polar surface area (TPSA) is 42.0 Å². The molecule has 0 unspecified atom stereocenters. The van der Waals surface area contributed by atoms with Crippen LogP contribution in [-0.4, -0.2) is 16.9 Å². The van der Waals surface area contributed by atoms with E-state index >= 15 is 0 Å². The molecule has 0 bridgehead atoms. The minimum absolute atomic E-state index is 0.0840. The number of aromatic nitrogens is 1. The predicted molar refractivity (Wildman–Crippen MR) is 56.1 cm³/mol. The molecule has 1 N–H and O–H groups in total. The first-order valence-corrected chi connectivity index (χ1v) is 4.99. The summed E-state index contributed by atoms with van der Waals surface area (Å²) >= 11 is 0. The number of carbonyl (C=O) groups is 1. The third-order valence-corrected chi connectivity index (χ3v) is 2.22. The molecular formula is C11H16N2O. The summed E-state index contributed by atoms with van der Waals surface area (Å²) in [5.41, 5.74) is 0.486. The Labute approximate surface area is 84.6 Å². The Bertz CT molecular complexity index is 281. The standard InChI is InChI=1S/C11H16N2O/c1-3-9(4-2)13-11(14)10-7-5-6-8-12-10/h5-9H,3-4H2,1-2H3,(H,13,14).